The lowest BCUT2D eigenvalue weighted by molar-refractivity contribution is 0.285. The Morgan fingerprint density at radius 2 is 2.38 bits per heavy atom. The lowest BCUT2D eigenvalue weighted by atomic mass is 10.0. The van der Waals surface area contributed by atoms with Gasteiger partial charge in [0.1, 0.15) is 0 Å². The molecule has 2 fully saturated rings. The maximum atomic E-state index is 4.36. The fraction of sp³-hybridized carbons (Fsp3) is 0.667. The molecule has 2 saturated heterocycles. The summed E-state index contributed by atoms with van der Waals surface area (Å²) in [6, 6.07) is 0.625. The first-order valence-electron chi connectivity index (χ1n) is 4.75. The van der Waals surface area contributed by atoms with Crippen LogP contribution < -0.4 is 0 Å². The SMILES string of the molecule is Brc1cnn(C2CN3CC[C@H]2C3)c1. The zero-order chi connectivity index (χ0) is 8.84. The molecule has 0 saturated carbocycles. The van der Waals surface area contributed by atoms with E-state index >= 15 is 0 Å². The first-order chi connectivity index (χ1) is 6.33. The Bertz CT molecular complexity index is 322. The summed E-state index contributed by atoms with van der Waals surface area (Å²) >= 11 is 3.44. The minimum Gasteiger partial charge on any atom is -0.301 e. The number of fused-ring (bicyclic) bond motifs is 2. The summed E-state index contributed by atoms with van der Waals surface area (Å²) in [4.78, 5) is 2.53. The third kappa shape index (κ3) is 1.23. The number of hydrogen-bond donors (Lipinski definition) is 0. The van der Waals surface area contributed by atoms with Crippen LogP contribution in [-0.2, 0) is 0 Å². The first kappa shape index (κ1) is 8.00. The van der Waals surface area contributed by atoms with Gasteiger partial charge < -0.3 is 4.90 Å². The van der Waals surface area contributed by atoms with E-state index in [1.807, 2.05) is 6.20 Å². The summed E-state index contributed by atoms with van der Waals surface area (Å²) in [6.07, 6.45) is 5.32. The highest BCUT2D eigenvalue weighted by Gasteiger charge is 2.39. The smallest absolute Gasteiger partial charge is 0.0687 e. The summed E-state index contributed by atoms with van der Waals surface area (Å²) in [5, 5.41) is 4.36. The Morgan fingerprint density at radius 3 is 2.92 bits per heavy atom. The van der Waals surface area contributed by atoms with Gasteiger partial charge in [-0.1, -0.05) is 0 Å². The van der Waals surface area contributed by atoms with Crippen molar-refractivity contribution >= 4 is 15.9 Å². The summed E-state index contributed by atoms with van der Waals surface area (Å²) in [5.74, 6) is 0.840. The van der Waals surface area contributed by atoms with Gasteiger partial charge in [-0.3, -0.25) is 4.68 Å². The van der Waals surface area contributed by atoms with Crippen molar-refractivity contribution in [2.24, 2.45) is 5.92 Å². The second-order valence-electron chi connectivity index (χ2n) is 4.01. The van der Waals surface area contributed by atoms with E-state index < -0.39 is 0 Å². The van der Waals surface area contributed by atoms with Crippen LogP contribution in [0.15, 0.2) is 16.9 Å². The standard InChI is InChI=1S/C9H12BrN3/c10-8-3-11-13(5-8)9-6-12-2-1-7(9)4-12/h3,5,7,9H,1-2,4,6H2/t7-,9?/m0/s1. The van der Waals surface area contributed by atoms with Gasteiger partial charge in [-0.15, -0.1) is 0 Å². The lowest BCUT2D eigenvalue weighted by Gasteiger charge is -2.22. The highest BCUT2D eigenvalue weighted by Crippen LogP contribution is 2.36. The minimum atomic E-state index is 0.625. The molecule has 0 aliphatic carbocycles. The highest BCUT2D eigenvalue weighted by atomic mass is 79.9. The van der Waals surface area contributed by atoms with Crippen molar-refractivity contribution in [1.82, 2.24) is 14.7 Å². The fourth-order valence-electron chi connectivity index (χ4n) is 2.55. The maximum Gasteiger partial charge on any atom is 0.0687 e. The second kappa shape index (κ2) is 2.82. The predicted octanol–water partition coefficient (Wildman–Crippen LogP) is 1.52. The van der Waals surface area contributed by atoms with Crippen molar-refractivity contribution in [2.75, 3.05) is 19.6 Å². The average Bonchev–Trinajstić information content (AvgIpc) is 2.77. The van der Waals surface area contributed by atoms with E-state index in [1.165, 1.54) is 26.1 Å². The van der Waals surface area contributed by atoms with E-state index in [4.69, 9.17) is 0 Å². The van der Waals surface area contributed by atoms with Gasteiger partial charge in [0.05, 0.1) is 16.7 Å². The monoisotopic (exact) mass is 241 g/mol. The average molecular weight is 242 g/mol. The van der Waals surface area contributed by atoms with Crippen molar-refractivity contribution < 1.29 is 0 Å². The molecule has 13 heavy (non-hydrogen) atoms. The molecule has 0 amide bonds. The largest absolute Gasteiger partial charge is 0.301 e. The Hall–Kier alpha value is -0.350. The number of halogens is 1. The molecule has 3 nitrogen and oxygen atoms in total. The van der Waals surface area contributed by atoms with Crippen LogP contribution >= 0.6 is 15.9 Å². The van der Waals surface area contributed by atoms with Gasteiger partial charge in [0.2, 0.25) is 0 Å². The molecule has 0 radical (unpaired) electrons. The molecule has 2 unspecified atom stereocenters. The molecule has 0 spiro atoms. The lowest BCUT2D eigenvalue weighted by Crippen LogP contribution is -2.26. The number of aromatic nitrogens is 2. The van der Waals surface area contributed by atoms with Crippen LogP contribution in [0.2, 0.25) is 0 Å². The van der Waals surface area contributed by atoms with Crippen LogP contribution in [-0.4, -0.2) is 34.3 Å². The molecule has 3 heterocycles. The van der Waals surface area contributed by atoms with Crippen LogP contribution in [0.1, 0.15) is 12.5 Å². The molecule has 2 bridgehead atoms. The van der Waals surface area contributed by atoms with Gasteiger partial charge in [-0.05, 0) is 34.8 Å². The molecule has 0 aromatic carbocycles. The van der Waals surface area contributed by atoms with Crippen molar-refractivity contribution in [3.63, 3.8) is 0 Å². The van der Waals surface area contributed by atoms with E-state index in [-0.39, 0.29) is 0 Å². The highest BCUT2D eigenvalue weighted by molar-refractivity contribution is 9.10. The van der Waals surface area contributed by atoms with E-state index in [2.05, 4.69) is 36.8 Å². The van der Waals surface area contributed by atoms with Gasteiger partial charge in [0.25, 0.3) is 0 Å². The molecule has 4 heteroatoms. The van der Waals surface area contributed by atoms with E-state index in [0.717, 1.165) is 10.4 Å². The van der Waals surface area contributed by atoms with Crippen LogP contribution in [0, 0.1) is 5.92 Å². The summed E-state index contributed by atoms with van der Waals surface area (Å²) < 4.78 is 3.21. The van der Waals surface area contributed by atoms with Crippen LogP contribution in [0.4, 0.5) is 0 Å². The van der Waals surface area contributed by atoms with Gasteiger partial charge in [-0.25, -0.2) is 0 Å². The number of rotatable bonds is 1. The normalized spacial score (nSPS) is 37.2. The topological polar surface area (TPSA) is 21.1 Å². The number of piperidine rings is 1. The third-order valence-corrected chi connectivity index (χ3v) is 3.62. The van der Waals surface area contributed by atoms with Crippen LogP contribution in [0.25, 0.3) is 0 Å². The van der Waals surface area contributed by atoms with E-state index in [0.29, 0.717) is 6.04 Å². The molecule has 1 aromatic heterocycles. The Kier molecular flexibility index (Phi) is 1.73. The predicted molar refractivity (Wildman–Crippen MR) is 53.5 cm³/mol. The van der Waals surface area contributed by atoms with Gasteiger partial charge in [0.15, 0.2) is 0 Å². The molecule has 3 atom stereocenters. The molecule has 2 aliphatic rings. The van der Waals surface area contributed by atoms with E-state index in [1.54, 1.807) is 0 Å². The Labute approximate surface area is 85.8 Å². The van der Waals surface area contributed by atoms with Crippen LogP contribution in [0.5, 0.6) is 0 Å². The number of nitrogens with zero attached hydrogens (tertiary/aromatic N) is 3. The Morgan fingerprint density at radius 1 is 1.46 bits per heavy atom. The molecule has 0 N–H and O–H groups in total. The Balaban J connectivity index is 1.87. The minimum absolute atomic E-state index is 0.625. The van der Waals surface area contributed by atoms with Gasteiger partial charge in [-0.2, -0.15) is 5.10 Å². The molecular weight excluding hydrogens is 230 g/mol. The molecule has 70 valence electrons. The van der Waals surface area contributed by atoms with Crippen LogP contribution in [0.3, 0.4) is 0 Å². The fourth-order valence-corrected chi connectivity index (χ4v) is 2.85. The van der Waals surface area contributed by atoms with Gasteiger partial charge >= 0.3 is 0 Å². The molecule has 3 rings (SSSR count). The first-order valence-corrected chi connectivity index (χ1v) is 5.54. The number of hydrogen-bond acceptors (Lipinski definition) is 2. The summed E-state index contributed by atoms with van der Waals surface area (Å²) in [7, 11) is 0. The van der Waals surface area contributed by atoms with Crippen molar-refractivity contribution in [1.29, 1.82) is 0 Å². The molecular formula is C9H12BrN3. The maximum absolute atomic E-state index is 4.36. The zero-order valence-corrected chi connectivity index (χ0v) is 8.94. The van der Waals surface area contributed by atoms with Crippen molar-refractivity contribution in [3.05, 3.63) is 16.9 Å². The molecule has 1 aromatic rings. The second-order valence-corrected chi connectivity index (χ2v) is 4.93. The third-order valence-electron chi connectivity index (χ3n) is 3.21. The van der Waals surface area contributed by atoms with E-state index in [9.17, 15) is 0 Å². The summed E-state index contributed by atoms with van der Waals surface area (Å²) in [5.41, 5.74) is 0. The quantitative estimate of drug-likeness (QED) is 0.744. The van der Waals surface area contributed by atoms with Crippen molar-refractivity contribution in [3.8, 4) is 0 Å². The van der Waals surface area contributed by atoms with Crippen molar-refractivity contribution in [2.45, 2.75) is 12.5 Å². The zero-order valence-electron chi connectivity index (χ0n) is 7.36. The summed E-state index contributed by atoms with van der Waals surface area (Å²) in [6.45, 7) is 3.77. The van der Waals surface area contributed by atoms with Gasteiger partial charge in [0, 0.05) is 19.3 Å². The molecule has 2 aliphatic heterocycles.